The predicted octanol–water partition coefficient (Wildman–Crippen LogP) is 6.34. The summed E-state index contributed by atoms with van der Waals surface area (Å²) in [6.07, 6.45) is 2.76. The number of carbonyl (C=O) groups excluding carboxylic acids is 1. The van der Waals surface area contributed by atoms with Crippen LogP contribution in [0.1, 0.15) is 50.8 Å². The summed E-state index contributed by atoms with van der Waals surface area (Å²) in [6, 6.07) is 17.6. The van der Waals surface area contributed by atoms with Crippen LogP contribution < -0.4 is 4.74 Å². The Morgan fingerprint density at radius 3 is 2.45 bits per heavy atom. The maximum atomic E-state index is 15.3. The lowest BCUT2D eigenvalue weighted by atomic mass is 9.89. The Balaban J connectivity index is 1.42. The minimum Gasteiger partial charge on any atom is -0.457 e. The van der Waals surface area contributed by atoms with Crippen molar-refractivity contribution in [3.63, 3.8) is 0 Å². The minimum absolute atomic E-state index is 0.112. The van der Waals surface area contributed by atoms with Gasteiger partial charge in [0.15, 0.2) is 11.5 Å². The zero-order valence-electron chi connectivity index (χ0n) is 21.5. The van der Waals surface area contributed by atoms with Gasteiger partial charge in [-0.3, -0.25) is 4.98 Å². The molecule has 0 radical (unpaired) electrons. The van der Waals surface area contributed by atoms with Gasteiger partial charge in [0.25, 0.3) is 0 Å². The van der Waals surface area contributed by atoms with Gasteiger partial charge < -0.3 is 14.4 Å². The van der Waals surface area contributed by atoms with E-state index in [-0.39, 0.29) is 23.4 Å². The highest BCUT2D eigenvalue weighted by atomic mass is 19.1. The molecular weight excluding hydrogens is 485 g/mol. The number of nitrogens with zero attached hydrogens (tertiary/aromatic N) is 5. The molecule has 0 N–H and O–H groups in total. The van der Waals surface area contributed by atoms with Gasteiger partial charge in [-0.15, -0.1) is 0 Å². The van der Waals surface area contributed by atoms with Crippen molar-refractivity contribution in [3.05, 3.63) is 77.9 Å². The molecule has 0 unspecified atom stereocenters. The molecular formula is C29H28FN5O3. The van der Waals surface area contributed by atoms with Crippen LogP contribution in [0, 0.1) is 17.1 Å². The predicted molar refractivity (Wildman–Crippen MR) is 140 cm³/mol. The van der Waals surface area contributed by atoms with Crippen molar-refractivity contribution in [3.8, 4) is 23.3 Å². The summed E-state index contributed by atoms with van der Waals surface area (Å²) in [5.41, 5.74) is 1.65. The molecule has 1 saturated heterocycles. The lowest BCUT2D eigenvalue weighted by molar-refractivity contribution is 0.0205. The molecule has 0 bridgehead atoms. The summed E-state index contributed by atoms with van der Waals surface area (Å²) in [4.78, 5) is 18.6. The SMILES string of the molecule is CC(C)(C)OC(=O)N1CCC(c2ccnc3c(C#N)n(-c4ccc(Oc5ccccc5)cc4F)nc23)CC1. The number of fused-ring (bicyclic) bond motifs is 1. The number of amides is 1. The molecule has 1 amide bonds. The molecule has 194 valence electrons. The van der Waals surface area contributed by atoms with E-state index in [2.05, 4.69) is 16.2 Å². The molecule has 1 fully saturated rings. The molecule has 9 heteroatoms. The lowest BCUT2D eigenvalue weighted by Gasteiger charge is -2.33. The zero-order valence-corrected chi connectivity index (χ0v) is 21.5. The van der Waals surface area contributed by atoms with E-state index in [0.29, 0.717) is 48.5 Å². The van der Waals surface area contributed by atoms with Gasteiger partial charge in [-0.25, -0.2) is 13.9 Å². The van der Waals surface area contributed by atoms with Crippen LogP contribution in [0.3, 0.4) is 0 Å². The summed E-state index contributed by atoms with van der Waals surface area (Å²) >= 11 is 0. The third-order valence-electron chi connectivity index (χ3n) is 6.41. The first-order valence-electron chi connectivity index (χ1n) is 12.5. The number of hydrogen-bond donors (Lipinski definition) is 0. The number of likely N-dealkylation sites (tertiary alicyclic amines) is 1. The van der Waals surface area contributed by atoms with Gasteiger partial charge in [0, 0.05) is 25.4 Å². The van der Waals surface area contributed by atoms with Gasteiger partial charge in [0.1, 0.15) is 39.9 Å². The van der Waals surface area contributed by atoms with E-state index < -0.39 is 11.4 Å². The van der Waals surface area contributed by atoms with Crippen molar-refractivity contribution in [1.29, 1.82) is 5.26 Å². The van der Waals surface area contributed by atoms with Crippen LogP contribution in [-0.2, 0) is 4.74 Å². The van der Waals surface area contributed by atoms with Gasteiger partial charge in [0.05, 0.1) is 0 Å². The first-order valence-corrected chi connectivity index (χ1v) is 12.5. The topological polar surface area (TPSA) is 93.3 Å². The quantitative estimate of drug-likeness (QED) is 0.316. The number of ether oxygens (including phenoxy) is 2. The summed E-state index contributed by atoms with van der Waals surface area (Å²) in [5.74, 6) is 0.465. The molecule has 2 aromatic carbocycles. The summed E-state index contributed by atoms with van der Waals surface area (Å²) in [7, 11) is 0. The average molecular weight is 514 g/mol. The molecule has 38 heavy (non-hydrogen) atoms. The number of halogens is 1. The third kappa shape index (κ3) is 5.16. The highest BCUT2D eigenvalue weighted by Crippen LogP contribution is 2.34. The molecule has 1 aliphatic rings. The van der Waals surface area contributed by atoms with E-state index >= 15 is 4.39 Å². The number of carbonyl (C=O) groups is 1. The highest BCUT2D eigenvalue weighted by molar-refractivity contribution is 5.84. The maximum Gasteiger partial charge on any atom is 0.410 e. The fourth-order valence-electron chi connectivity index (χ4n) is 4.65. The van der Waals surface area contributed by atoms with E-state index in [0.717, 1.165) is 5.56 Å². The van der Waals surface area contributed by atoms with Crippen molar-refractivity contribution in [1.82, 2.24) is 19.7 Å². The molecule has 4 aromatic rings. The fourth-order valence-corrected chi connectivity index (χ4v) is 4.65. The number of hydrogen-bond acceptors (Lipinski definition) is 6. The van der Waals surface area contributed by atoms with Crippen LogP contribution in [0.25, 0.3) is 16.7 Å². The van der Waals surface area contributed by atoms with Gasteiger partial charge in [0.2, 0.25) is 0 Å². The van der Waals surface area contributed by atoms with Crippen LogP contribution in [0.15, 0.2) is 60.8 Å². The number of nitriles is 1. The van der Waals surface area contributed by atoms with Crippen LogP contribution in [-0.4, -0.2) is 44.4 Å². The molecule has 8 nitrogen and oxygen atoms in total. The largest absolute Gasteiger partial charge is 0.457 e. The second-order valence-corrected chi connectivity index (χ2v) is 10.2. The monoisotopic (exact) mass is 513 g/mol. The van der Waals surface area contributed by atoms with Crippen molar-refractivity contribution in [2.24, 2.45) is 0 Å². The smallest absolute Gasteiger partial charge is 0.410 e. The normalized spacial score (nSPS) is 14.3. The molecule has 0 atom stereocenters. The number of rotatable bonds is 4. The molecule has 3 heterocycles. The van der Waals surface area contributed by atoms with Crippen molar-refractivity contribution < 1.29 is 18.7 Å². The van der Waals surface area contributed by atoms with E-state index in [1.807, 2.05) is 45.0 Å². The fraction of sp³-hybridized carbons (Fsp3) is 0.310. The Morgan fingerprint density at radius 2 is 1.79 bits per heavy atom. The summed E-state index contributed by atoms with van der Waals surface area (Å²) < 4.78 is 27.8. The Hall–Kier alpha value is -4.45. The molecule has 2 aromatic heterocycles. The summed E-state index contributed by atoms with van der Waals surface area (Å²) in [6.45, 7) is 6.64. The Morgan fingerprint density at radius 1 is 1.05 bits per heavy atom. The number of para-hydroxylation sites is 1. The van der Waals surface area contributed by atoms with Crippen LogP contribution in [0.5, 0.6) is 11.5 Å². The van der Waals surface area contributed by atoms with Crippen LogP contribution in [0.4, 0.5) is 9.18 Å². The van der Waals surface area contributed by atoms with E-state index in [9.17, 15) is 10.1 Å². The van der Waals surface area contributed by atoms with Gasteiger partial charge in [-0.05, 0) is 75.4 Å². The maximum absolute atomic E-state index is 15.3. The number of pyridine rings is 1. The number of piperidine rings is 1. The van der Waals surface area contributed by atoms with Gasteiger partial charge >= 0.3 is 6.09 Å². The van der Waals surface area contributed by atoms with Crippen LogP contribution in [0.2, 0.25) is 0 Å². The van der Waals surface area contributed by atoms with E-state index in [1.54, 1.807) is 35.4 Å². The lowest BCUT2D eigenvalue weighted by Crippen LogP contribution is -2.41. The minimum atomic E-state index is -0.574. The number of aromatic nitrogens is 3. The number of benzene rings is 2. The van der Waals surface area contributed by atoms with Crippen molar-refractivity contribution in [2.45, 2.75) is 45.1 Å². The standard InChI is InChI=1S/C29H28FN5O3/c1-29(2,3)38-28(36)34-15-12-19(13-16-34)22-11-14-32-27-25(18-31)35(33-26(22)27)24-10-9-21(17-23(24)30)37-20-7-5-4-6-8-20/h4-11,14,17,19H,12-13,15-16H2,1-3H3. The van der Waals surface area contributed by atoms with Gasteiger partial charge in [-0.2, -0.15) is 10.4 Å². The first kappa shape index (κ1) is 25.2. The highest BCUT2D eigenvalue weighted by Gasteiger charge is 2.29. The van der Waals surface area contributed by atoms with Crippen molar-refractivity contribution in [2.75, 3.05) is 13.1 Å². The molecule has 5 rings (SSSR count). The molecule has 0 spiro atoms. The second-order valence-electron chi connectivity index (χ2n) is 10.2. The average Bonchev–Trinajstić information content (AvgIpc) is 3.27. The van der Waals surface area contributed by atoms with E-state index in [4.69, 9.17) is 9.47 Å². The Bertz CT molecular complexity index is 1510. The zero-order chi connectivity index (χ0) is 26.9. The molecule has 1 aliphatic heterocycles. The molecule has 0 saturated carbocycles. The summed E-state index contributed by atoms with van der Waals surface area (Å²) in [5, 5.41) is 14.6. The Kier molecular flexibility index (Phi) is 6.72. The Labute approximate surface area is 220 Å². The second kappa shape index (κ2) is 10.1. The van der Waals surface area contributed by atoms with Gasteiger partial charge in [-0.1, -0.05) is 18.2 Å². The van der Waals surface area contributed by atoms with E-state index in [1.165, 1.54) is 10.7 Å². The molecule has 0 aliphatic carbocycles. The van der Waals surface area contributed by atoms with Crippen molar-refractivity contribution >= 4 is 17.1 Å². The first-order chi connectivity index (χ1) is 18.2. The van der Waals surface area contributed by atoms with Crippen LogP contribution >= 0.6 is 0 Å². The third-order valence-corrected chi connectivity index (χ3v) is 6.41.